The van der Waals surface area contributed by atoms with Gasteiger partial charge in [-0.1, -0.05) is 49.4 Å². The molecule has 0 saturated carbocycles. The summed E-state index contributed by atoms with van der Waals surface area (Å²) in [4.78, 5) is 18.1. The number of anilines is 2. The van der Waals surface area contributed by atoms with Crippen LogP contribution in [0.3, 0.4) is 0 Å². The van der Waals surface area contributed by atoms with Crippen LogP contribution in [0.5, 0.6) is 11.5 Å². The fourth-order valence-corrected chi connectivity index (χ4v) is 6.92. The van der Waals surface area contributed by atoms with Crippen molar-refractivity contribution in [2.75, 3.05) is 35.4 Å². The summed E-state index contributed by atoms with van der Waals surface area (Å²) in [5, 5.41) is 9.40. The maximum atomic E-state index is 12.5. The Kier molecular flexibility index (Phi) is 7.31. The molecule has 2 aromatic carbocycles. The number of amides is 2. The first-order valence-corrected chi connectivity index (χ1v) is 16.3. The smallest absolute Gasteiger partial charge is 0.324 e. The van der Waals surface area contributed by atoms with Gasteiger partial charge >= 0.3 is 6.03 Å². The summed E-state index contributed by atoms with van der Waals surface area (Å²) < 4.78 is 44.4. The number of thiazole rings is 1. The summed E-state index contributed by atoms with van der Waals surface area (Å²) in [7, 11) is -3.09. The fourth-order valence-electron chi connectivity index (χ4n) is 4.59. The van der Waals surface area contributed by atoms with Gasteiger partial charge in [-0.05, 0) is 25.0 Å². The Balaban J connectivity index is 1.17. The number of ether oxygens (including phenoxy) is 2. The minimum absolute atomic E-state index is 0.108. The molecule has 0 radical (unpaired) electrons. The van der Waals surface area contributed by atoms with E-state index in [9.17, 15) is 13.2 Å². The van der Waals surface area contributed by atoms with Crippen molar-refractivity contribution < 1.29 is 27.2 Å². The van der Waals surface area contributed by atoms with E-state index < -0.39 is 15.9 Å². The van der Waals surface area contributed by atoms with Crippen molar-refractivity contribution in [3.05, 3.63) is 54.4 Å². The van der Waals surface area contributed by atoms with Crippen LogP contribution in [0.4, 0.5) is 16.3 Å². The second kappa shape index (κ2) is 11.0. The molecule has 13 heteroatoms. The van der Waals surface area contributed by atoms with Crippen molar-refractivity contribution in [2.45, 2.75) is 39.0 Å². The number of carbonyl (C=O) groups excluding carboxylic acids is 1. The first-order chi connectivity index (χ1) is 20.0. The fraction of sp³-hybridized carbons (Fsp3) is 0.345. The third-order valence-electron chi connectivity index (χ3n) is 6.80. The molecule has 220 valence electrons. The molecule has 42 heavy (non-hydrogen) atoms. The Morgan fingerprint density at radius 1 is 0.976 bits per heavy atom. The van der Waals surface area contributed by atoms with Crippen molar-refractivity contribution in [3.63, 3.8) is 0 Å². The predicted octanol–water partition coefficient (Wildman–Crippen LogP) is 6.11. The summed E-state index contributed by atoms with van der Waals surface area (Å²) in [6, 6.07) is 12.6. The highest BCUT2D eigenvalue weighted by Crippen LogP contribution is 2.38. The minimum atomic E-state index is -3.09. The van der Waals surface area contributed by atoms with E-state index in [1.165, 1.54) is 11.3 Å². The van der Waals surface area contributed by atoms with Gasteiger partial charge in [0.25, 0.3) is 0 Å². The number of benzene rings is 2. The van der Waals surface area contributed by atoms with E-state index in [4.69, 9.17) is 19.0 Å². The summed E-state index contributed by atoms with van der Waals surface area (Å²) in [5.41, 5.74) is 3.02. The van der Waals surface area contributed by atoms with Crippen molar-refractivity contribution in [1.82, 2.24) is 14.5 Å². The number of nitrogens with zero attached hydrogens (tertiary/aromatic N) is 3. The number of rotatable bonds is 3. The second-order valence-electron chi connectivity index (χ2n) is 11.2. The Hall–Kier alpha value is -4.10. The molecule has 4 heterocycles. The number of sulfone groups is 1. The van der Waals surface area contributed by atoms with Crippen LogP contribution in [0.1, 0.15) is 39.4 Å². The summed E-state index contributed by atoms with van der Waals surface area (Å²) >= 11 is 1.53. The van der Waals surface area contributed by atoms with Crippen LogP contribution < -0.4 is 20.1 Å². The van der Waals surface area contributed by atoms with E-state index in [1.54, 1.807) is 6.07 Å². The molecule has 0 saturated heterocycles. The molecule has 0 bridgehead atoms. The van der Waals surface area contributed by atoms with Crippen molar-refractivity contribution >= 4 is 53.9 Å². The van der Waals surface area contributed by atoms with Crippen LogP contribution in [0.25, 0.3) is 26.4 Å². The van der Waals surface area contributed by atoms with Gasteiger partial charge in [0.05, 0.1) is 40.6 Å². The minimum Gasteiger partial charge on any atom is -0.490 e. The molecule has 2 amide bonds. The second-order valence-corrected chi connectivity index (χ2v) is 14.5. The lowest BCUT2D eigenvalue weighted by Gasteiger charge is -2.12. The van der Waals surface area contributed by atoms with E-state index in [2.05, 4.69) is 15.8 Å². The van der Waals surface area contributed by atoms with Gasteiger partial charge in [-0.15, -0.1) is 0 Å². The molecule has 0 aliphatic carbocycles. The highest BCUT2D eigenvalue weighted by atomic mass is 32.2. The topological polar surface area (TPSA) is 137 Å². The first-order valence-electron chi connectivity index (χ1n) is 13.6. The molecule has 11 nitrogen and oxygen atoms in total. The molecular weight excluding hydrogens is 578 g/mol. The molecule has 1 aliphatic heterocycles. The first kappa shape index (κ1) is 28.0. The van der Waals surface area contributed by atoms with E-state index in [0.717, 1.165) is 26.4 Å². The van der Waals surface area contributed by atoms with Gasteiger partial charge in [0.15, 0.2) is 32.1 Å². The zero-order valence-electron chi connectivity index (χ0n) is 23.5. The Morgan fingerprint density at radius 3 is 2.33 bits per heavy atom. The monoisotopic (exact) mass is 609 g/mol. The number of hydrogen-bond acceptors (Lipinski definition) is 9. The molecule has 0 spiro atoms. The Labute approximate surface area is 246 Å². The molecule has 3 aromatic heterocycles. The van der Waals surface area contributed by atoms with Crippen LogP contribution >= 0.6 is 11.3 Å². The van der Waals surface area contributed by atoms with Crippen LogP contribution in [-0.4, -0.2) is 53.7 Å². The number of imidazole rings is 1. The zero-order valence-corrected chi connectivity index (χ0v) is 25.1. The lowest BCUT2D eigenvalue weighted by molar-refractivity contribution is 0.262. The summed E-state index contributed by atoms with van der Waals surface area (Å²) in [6.07, 6.45) is 2.83. The van der Waals surface area contributed by atoms with Gasteiger partial charge < -0.3 is 19.3 Å². The molecule has 0 fully saturated rings. The zero-order chi connectivity index (χ0) is 29.5. The highest BCUT2D eigenvalue weighted by molar-refractivity contribution is 7.91. The maximum absolute atomic E-state index is 12.5. The van der Waals surface area contributed by atoms with Crippen LogP contribution in [0.15, 0.2) is 53.2 Å². The highest BCUT2D eigenvalue weighted by Gasteiger charge is 2.21. The number of hydrogen-bond donors (Lipinski definition) is 2. The average Bonchev–Trinajstić information content (AvgIpc) is 3.64. The van der Waals surface area contributed by atoms with E-state index >= 15 is 0 Å². The van der Waals surface area contributed by atoms with Gasteiger partial charge in [-0.3, -0.25) is 9.72 Å². The summed E-state index contributed by atoms with van der Waals surface area (Å²) in [6.45, 7) is 6.61. The van der Waals surface area contributed by atoms with Gasteiger partial charge in [0.2, 0.25) is 0 Å². The Bertz CT molecular complexity index is 1870. The SMILES string of the molecule is CC(C)(C)c1cc(NC(=O)Nc2ccc(-c3cn4c(n3)sc3cc5c(cc34)OCCCS(=O)(=O)CCCO5)cc2)no1. The molecule has 2 N–H and O–H groups in total. The Morgan fingerprint density at radius 2 is 1.67 bits per heavy atom. The van der Waals surface area contributed by atoms with E-state index in [0.29, 0.717) is 54.8 Å². The lowest BCUT2D eigenvalue weighted by Crippen LogP contribution is -2.19. The van der Waals surface area contributed by atoms with Crippen molar-refractivity contribution in [2.24, 2.45) is 0 Å². The third-order valence-corrected chi connectivity index (χ3v) is 9.64. The van der Waals surface area contributed by atoms with Crippen molar-refractivity contribution in [3.8, 4) is 22.8 Å². The number of aromatic nitrogens is 3. The molecule has 1 aliphatic rings. The number of carbonyl (C=O) groups is 1. The van der Waals surface area contributed by atoms with E-state index in [1.807, 2.05) is 67.8 Å². The van der Waals surface area contributed by atoms with Gasteiger partial charge in [0, 0.05) is 41.1 Å². The maximum Gasteiger partial charge on any atom is 0.324 e. The molecule has 0 unspecified atom stereocenters. The molecule has 5 aromatic rings. The van der Waals surface area contributed by atoms with Gasteiger partial charge in [-0.25, -0.2) is 18.2 Å². The largest absolute Gasteiger partial charge is 0.490 e. The summed E-state index contributed by atoms with van der Waals surface area (Å²) in [5.74, 6) is 2.45. The number of nitrogens with one attached hydrogen (secondary N) is 2. The van der Waals surface area contributed by atoms with Crippen LogP contribution in [-0.2, 0) is 15.3 Å². The lowest BCUT2D eigenvalue weighted by atomic mass is 9.93. The van der Waals surface area contributed by atoms with Crippen LogP contribution in [0.2, 0.25) is 0 Å². The van der Waals surface area contributed by atoms with Gasteiger partial charge in [-0.2, -0.15) is 0 Å². The van der Waals surface area contributed by atoms with Crippen LogP contribution in [0, 0.1) is 0 Å². The molecular formula is C29H31N5O6S2. The molecule has 6 rings (SSSR count). The standard InChI is InChI=1S/C29H31N5O6S2/c1-29(2,3)25-16-26(33-40-25)32-27(35)30-19-8-6-18(7-9-19)20-17-34-21-14-22-23(15-24(21)41-28(34)31-20)39-11-5-13-42(36,37)12-4-10-38-22/h6-9,14-17H,4-5,10-13H2,1-3H3,(H2,30,32,33,35). The van der Waals surface area contributed by atoms with E-state index in [-0.39, 0.29) is 16.9 Å². The van der Waals surface area contributed by atoms with Crippen molar-refractivity contribution in [1.29, 1.82) is 0 Å². The third kappa shape index (κ3) is 6.07. The average molecular weight is 610 g/mol. The van der Waals surface area contributed by atoms with Gasteiger partial charge in [0.1, 0.15) is 5.76 Å². The quantitative estimate of drug-likeness (QED) is 0.250. The number of fused-ring (bicyclic) bond motifs is 4. The number of urea groups is 1. The predicted molar refractivity (Wildman–Crippen MR) is 163 cm³/mol. The normalized spacial score (nSPS) is 15.8. The molecule has 0 atom stereocenters.